The lowest BCUT2D eigenvalue weighted by Gasteiger charge is -2.37. The van der Waals surface area contributed by atoms with Crippen molar-refractivity contribution in [3.8, 4) is 0 Å². The van der Waals surface area contributed by atoms with E-state index in [2.05, 4.69) is 10.1 Å². The topological polar surface area (TPSA) is 69.4 Å². The lowest BCUT2D eigenvalue weighted by atomic mass is 9.90. The van der Waals surface area contributed by atoms with Crippen LogP contribution in [0.15, 0.2) is 55.1 Å². The predicted molar refractivity (Wildman–Crippen MR) is 117 cm³/mol. The monoisotopic (exact) mass is 515 g/mol. The van der Waals surface area contributed by atoms with Crippen molar-refractivity contribution in [3.63, 3.8) is 0 Å². The summed E-state index contributed by atoms with van der Waals surface area (Å²) < 4.78 is 79.3. The van der Waals surface area contributed by atoms with Gasteiger partial charge in [0.1, 0.15) is 29.9 Å². The number of aromatic nitrogens is 3. The first kappa shape index (κ1) is 25.5. The van der Waals surface area contributed by atoms with E-state index in [0.717, 1.165) is 18.2 Å². The maximum Gasteiger partial charge on any atom is 0.416 e. The van der Waals surface area contributed by atoms with E-state index in [1.54, 1.807) is 6.92 Å². The quantitative estimate of drug-likeness (QED) is 0.460. The van der Waals surface area contributed by atoms with E-state index in [1.807, 2.05) is 0 Å². The van der Waals surface area contributed by atoms with Crippen LogP contribution in [0.5, 0.6) is 0 Å². The highest BCUT2D eigenvalue weighted by molar-refractivity contribution is 8.00. The second-order valence-corrected chi connectivity index (χ2v) is 9.81. The fourth-order valence-electron chi connectivity index (χ4n) is 3.82. The van der Waals surface area contributed by atoms with Gasteiger partial charge >= 0.3 is 6.18 Å². The zero-order chi connectivity index (χ0) is 25.2. The van der Waals surface area contributed by atoms with E-state index in [0.29, 0.717) is 11.6 Å². The molecule has 1 aromatic heterocycles. The summed E-state index contributed by atoms with van der Waals surface area (Å²) in [5.41, 5.74) is -2.18. The molecule has 1 aliphatic rings. The van der Waals surface area contributed by atoms with Gasteiger partial charge in [0.2, 0.25) is 0 Å². The highest BCUT2D eigenvalue weighted by atomic mass is 32.2. The van der Waals surface area contributed by atoms with Gasteiger partial charge < -0.3 is 14.6 Å². The first-order valence-corrected chi connectivity index (χ1v) is 11.6. The van der Waals surface area contributed by atoms with Crippen LogP contribution in [0, 0.1) is 11.6 Å². The average Bonchev–Trinajstić information content (AvgIpc) is 3.31. The van der Waals surface area contributed by atoms with E-state index in [9.17, 15) is 27.1 Å². The van der Waals surface area contributed by atoms with E-state index in [4.69, 9.17) is 9.47 Å². The number of hydrogen-bond acceptors (Lipinski definition) is 6. The lowest BCUT2D eigenvalue weighted by Crippen LogP contribution is -2.43. The number of rotatable bonds is 7. The lowest BCUT2D eigenvalue weighted by molar-refractivity contribution is -0.180. The molecule has 3 aromatic rings. The number of nitrogens with zero attached hydrogens (tertiary/aromatic N) is 3. The Bertz CT molecular complexity index is 1120. The van der Waals surface area contributed by atoms with Crippen molar-refractivity contribution in [1.82, 2.24) is 14.8 Å². The largest absolute Gasteiger partial charge is 0.416 e. The number of benzene rings is 2. The molecule has 0 saturated carbocycles. The molecule has 0 bridgehead atoms. The molecule has 1 fully saturated rings. The zero-order valence-electron chi connectivity index (χ0n) is 18.5. The van der Waals surface area contributed by atoms with Gasteiger partial charge in [-0.1, -0.05) is 25.1 Å². The number of alkyl halides is 3. The average molecular weight is 516 g/mol. The van der Waals surface area contributed by atoms with Crippen LogP contribution in [-0.4, -0.2) is 43.6 Å². The molecule has 1 N–H and O–H groups in total. The van der Waals surface area contributed by atoms with Gasteiger partial charge in [0, 0.05) is 22.4 Å². The maximum atomic E-state index is 14.7. The minimum Gasteiger partial charge on any atom is -0.382 e. The Morgan fingerprint density at radius 3 is 2.37 bits per heavy atom. The normalized spacial score (nSPS) is 21.5. The van der Waals surface area contributed by atoms with Crippen LogP contribution in [0.25, 0.3) is 0 Å². The standard InChI is InChI=1S/C23H22F5N3O3S/c1-14(22(32,11-31-13-29-12-30-31)19-7-6-17(24)8-20(19)25)35-18-9-33-21(34-10-18)15-2-4-16(5-3-15)23(26,27)28/h2-8,12-14,18,21,32H,9-11H2,1H3/t14-,18?,21?,22-/m1/s1. The molecule has 2 atom stereocenters. The second-order valence-electron chi connectivity index (χ2n) is 8.16. The molecule has 0 aliphatic carbocycles. The molecular formula is C23H22F5N3O3S. The van der Waals surface area contributed by atoms with E-state index in [1.165, 1.54) is 47.3 Å². The molecular weight excluding hydrogens is 493 g/mol. The molecule has 0 spiro atoms. The summed E-state index contributed by atoms with van der Waals surface area (Å²) in [5.74, 6) is -1.66. The summed E-state index contributed by atoms with van der Waals surface area (Å²) in [6.07, 6.45) is -2.60. The van der Waals surface area contributed by atoms with Crippen LogP contribution in [0.4, 0.5) is 22.0 Å². The van der Waals surface area contributed by atoms with E-state index < -0.39 is 40.5 Å². The molecule has 1 aliphatic heterocycles. The Labute approximate surface area is 202 Å². The first-order chi connectivity index (χ1) is 16.6. The molecule has 35 heavy (non-hydrogen) atoms. The molecule has 0 unspecified atom stereocenters. The van der Waals surface area contributed by atoms with Gasteiger partial charge in [-0.15, -0.1) is 11.8 Å². The Morgan fingerprint density at radius 1 is 1.11 bits per heavy atom. The van der Waals surface area contributed by atoms with Crippen molar-refractivity contribution in [2.24, 2.45) is 0 Å². The van der Waals surface area contributed by atoms with Crippen molar-refractivity contribution >= 4 is 11.8 Å². The molecule has 12 heteroatoms. The third kappa shape index (κ3) is 5.83. The van der Waals surface area contributed by atoms with E-state index >= 15 is 0 Å². The van der Waals surface area contributed by atoms with Crippen LogP contribution >= 0.6 is 11.8 Å². The molecule has 4 rings (SSSR count). The van der Waals surface area contributed by atoms with Crippen molar-refractivity contribution in [3.05, 3.63) is 83.4 Å². The molecule has 0 radical (unpaired) electrons. The molecule has 0 amide bonds. The highest BCUT2D eigenvalue weighted by Crippen LogP contribution is 2.40. The summed E-state index contributed by atoms with van der Waals surface area (Å²) in [4.78, 5) is 3.85. The highest BCUT2D eigenvalue weighted by Gasteiger charge is 2.41. The smallest absolute Gasteiger partial charge is 0.382 e. The van der Waals surface area contributed by atoms with Crippen molar-refractivity contribution in [2.45, 2.75) is 42.0 Å². The zero-order valence-corrected chi connectivity index (χ0v) is 19.3. The molecule has 2 heterocycles. The Morgan fingerprint density at radius 2 is 1.80 bits per heavy atom. The van der Waals surface area contributed by atoms with Crippen LogP contribution in [0.1, 0.15) is 29.9 Å². The Hall–Kier alpha value is -2.54. The third-order valence-electron chi connectivity index (χ3n) is 5.71. The molecule has 2 aromatic carbocycles. The third-order valence-corrected chi connectivity index (χ3v) is 7.17. The second kappa shape index (κ2) is 10.2. The first-order valence-electron chi connectivity index (χ1n) is 10.6. The fraction of sp³-hybridized carbons (Fsp3) is 0.391. The van der Waals surface area contributed by atoms with Crippen molar-refractivity contribution in [1.29, 1.82) is 0 Å². The number of hydrogen-bond donors (Lipinski definition) is 1. The van der Waals surface area contributed by atoms with Gasteiger partial charge in [-0.3, -0.25) is 0 Å². The van der Waals surface area contributed by atoms with Crippen LogP contribution in [0.3, 0.4) is 0 Å². The Balaban J connectivity index is 1.44. The summed E-state index contributed by atoms with van der Waals surface area (Å²) in [5, 5.41) is 14.7. The summed E-state index contributed by atoms with van der Waals surface area (Å²) in [6, 6.07) is 7.52. The molecule has 188 valence electrons. The van der Waals surface area contributed by atoms with Crippen LogP contribution in [-0.2, 0) is 27.8 Å². The van der Waals surface area contributed by atoms with Gasteiger partial charge in [-0.25, -0.2) is 18.4 Å². The number of aliphatic hydroxyl groups is 1. The maximum absolute atomic E-state index is 14.7. The number of halogens is 5. The summed E-state index contributed by atoms with van der Waals surface area (Å²) in [6.45, 7) is 1.94. The fourth-order valence-corrected chi connectivity index (χ4v) is 5.14. The van der Waals surface area contributed by atoms with Gasteiger partial charge in [-0.05, 0) is 18.2 Å². The van der Waals surface area contributed by atoms with Gasteiger partial charge in [0.25, 0.3) is 0 Å². The predicted octanol–water partition coefficient (Wildman–Crippen LogP) is 4.70. The molecule has 6 nitrogen and oxygen atoms in total. The Kier molecular flexibility index (Phi) is 7.46. The van der Waals surface area contributed by atoms with Gasteiger partial charge in [0.15, 0.2) is 6.29 Å². The summed E-state index contributed by atoms with van der Waals surface area (Å²) >= 11 is 1.29. The van der Waals surface area contributed by atoms with Crippen LogP contribution < -0.4 is 0 Å². The van der Waals surface area contributed by atoms with Crippen LogP contribution in [0.2, 0.25) is 0 Å². The summed E-state index contributed by atoms with van der Waals surface area (Å²) in [7, 11) is 0. The minimum absolute atomic E-state index is 0.0883. The molecule has 1 saturated heterocycles. The SMILES string of the molecule is C[C@@H](SC1COC(c2ccc(C(F)(F)F)cc2)OC1)[C@](O)(Cn1cncn1)c1ccc(F)cc1F. The van der Waals surface area contributed by atoms with Gasteiger partial charge in [-0.2, -0.15) is 18.3 Å². The van der Waals surface area contributed by atoms with Gasteiger partial charge in [0.05, 0.1) is 30.6 Å². The van der Waals surface area contributed by atoms with E-state index in [-0.39, 0.29) is 30.6 Å². The van der Waals surface area contributed by atoms with Crippen molar-refractivity contribution in [2.75, 3.05) is 13.2 Å². The number of ether oxygens (including phenoxy) is 2. The number of thioether (sulfide) groups is 1. The minimum atomic E-state index is -4.43. The van der Waals surface area contributed by atoms with Crippen molar-refractivity contribution < 1.29 is 36.5 Å².